The van der Waals surface area contributed by atoms with Gasteiger partial charge in [-0.25, -0.2) is 0 Å². The highest BCUT2D eigenvalue weighted by atomic mass is 32.2. The van der Waals surface area contributed by atoms with E-state index in [0.29, 0.717) is 6.04 Å². The molecule has 82 valence electrons. The number of nitrogens with two attached hydrogens (primary N) is 1. The fraction of sp³-hybridized carbons (Fsp3) is 1.00. The van der Waals surface area contributed by atoms with Crippen molar-refractivity contribution in [3.05, 3.63) is 0 Å². The lowest BCUT2D eigenvalue weighted by Crippen LogP contribution is -2.47. The quantitative estimate of drug-likeness (QED) is 0.756. The molecule has 3 heteroatoms. The van der Waals surface area contributed by atoms with E-state index < -0.39 is 0 Å². The van der Waals surface area contributed by atoms with Gasteiger partial charge in [-0.2, -0.15) is 11.8 Å². The van der Waals surface area contributed by atoms with Crippen molar-refractivity contribution < 1.29 is 0 Å². The molecule has 1 aliphatic heterocycles. The van der Waals surface area contributed by atoms with E-state index >= 15 is 0 Å². The maximum atomic E-state index is 5.81. The van der Waals surface area contributed by atoms with Gasteiger partial charge in [-0.3, -0.25) is 0 Å². The van der Waals surface area contributed by atoms with Gasteiger partial charge >= 0.3 is 0 Å². The average Bonchev–Trinajstić information content (AvgIpc) is 1.99. The van der Waals surface area contributed by atoms with Gasteiger partial charge in [-0.1, -0.05) is 13.8 Å². The predicted molar refractivity (Wildman–Crippen MR) is 63.7 cm³/mol. The molecule has 1 saturated carbocycles. The Morgan fingerprint density at radius 3 is 2.29 bits per heavy atom. The summed E-state index contributed by atoms with van der Waals surface area (Å²) in [5.74, 6) is 0.896. The number of thioether (sulfide) groups is 1. The smallest absolute Gasteiger partial charge is 0.0149 e. The highest BCUT2D eigenvalue weighted by Crippen LogP contribution is 2.30. The molecule has 0 bridgehead atoms. The van der Waals surface area contributed by atoms with E-state index in [1.54, 1.807) is 0 Å². The number of hydrogen-bond donors (Lipinski definition) is 1. The fourth-order valence-corrected chi connectivity index (χ4v) is 4.12. The lowest BCUT2D eigenvalue weighted by atomic mass is 9.80. The van der Waals surface area contributed by atoms with Gasteiger partial charge in [0, 0.05) is 36.2 Å². The van der Waals surface area contributed by atoms with Crippen LogP contribution in [0.25, 0.3) is 0 Å². The van der Waals surface area contributed by atoms with Crippen LogP contribution < -0.4 is 5.73 Å². The molecule has 14 heavy (non-hydrogen) atoms. The van der Waals surface area contributed by atoms with E-state index in [-0.39, 0.29) is 0 Å². The summed E-state index contributed by atoms with van der Waals surface area (Å²) in [6.45, 7) is 8.55. The van der Waals surface area contributed by atoms with Gasteiger partial charge in [0.25, 0.3) is 0 Å². The van der Waals surface area contributed by atoms with Gasteiger partial charge < -0.3 is 10.6 Å². The Balaban J connectivity index is 1.74. The molecule has 2 fully saturated rings. The van der Waals surface area contributed by atoms with Crippen LogP contribution in [0.3, 0.4) is 0 Å². The topological polar surface area (TPSA) is 29.3 Å². The zero-order chi connectivity index (χ0) is 10.1. The van der Waals surface area contributed by atoms with Crippen molar-refractivity contribution in [2.24, 2.45) is 11.7 Å². The van der Waals surface area contributed by atoms with Crippen molar-refractivity contribution in [2.45, 2.75) is 43.2 Å². The van der Waals surface area contributed by atoms with Crippen molar-refractivity contribution in [3.8, 4) is 0 Å². The largest absolute Gasteiger partial charge is 0.328 e. The van der Waals surface area contributed by atoms with Crippen LogP contribution in [-0.4, -0.2) is 41.1 Å². The standard InChI is InChI=1S/C11H22N2S/c1-8-5-13(6-9(2)14-8)7-10-3-11(12)4-10/h8-11H,3-7,12H2,1-2H3. The summed E-state index contributed by atoms with van der Waals surface area (Å²) < 4.78 is 0. The molecule has 0 amide bonds. The zero-order valence-electron chi connectivity index (χ0n) is 9.28. The number of rotatable bonds is 2. The SMILES string of the molecule is CC1CN(CC2CC(N)C2)CC(C)S1. The molecule has 0 aromatic carbocycles. The first-order valence-corrected chi connectivity index (χ1v) is 6.71. The van der Waals surface area contributed by atoms with Crippen LogP contribution >= 0.6 is 11.8 Å². The molecule has 2 unspecified atom stereocenters. The highest BCUT2D eigenvalue weighted by molar-refractivity contribution is 8.00. The minimum Gasteiger partial charge on any atom is -0.328 e. The van der Waals surface area contributed by atoms with Crippen molar-refractivity contribution in [1.82, 2.24) is 4.90 Å². The summed E-state index contributed by atoms with van der Waals surface area (Å²) in [7, 11) is 0. The van der Waals surface area contributed by atoms with Crippen molar-refractivity contribution in [3.63, 3.8) is 0 Å². The van der Waals surface area contributed by atoms with Gasteiger partial charge in [-0.05, 0) is 18.8 Å². The molecule has 2 atom stereocenters. The summed E-state index contributed by atoms with van der Waals surface area (Å²) >= 11 is 2.13. The van der Waals surface area contributed by atoms with E-state index in [2.05, 4.69) is 30.5 Å². The molecule has 0 aromatic rings. The maximum Gasteiger partial charge on any atom is 0.0149 e. The van der Waals surface area contributed by atoms with Crippen LogP contribution in [0.4, 0.5) is 0 Å². The molecule has 2 N–H and O–H groups in total. The van der Waals surface area contributed by atoms with Gasteiger partial charge in [0.15, 0.2) is 0 Å². The molecule has 1 heterocycles. The van der Waals surface area contributed by atoms with Gasteiger partial charge in [0.2, 0.25) is 0 Å². The summed E-state index contributed by atoms with van der Waals surface area (Å²) in [5.41, 5.74) is 5.81. The Morgan fingerprint density at radius 1 is 1.21 bits per heavy atom. The van der Waals surface area contributed by atoms with Crippen LogP contribution in [-0.2, 0) is 0 Å². The van der Waals surface area contributed by atoms with Gasteiger partial charge in [-0.15, -0.1) is 0 Å². The molecule has 0 spiro atoms. The molecule has 1 saturated heterocycles. The summed E-state index contributed by atoms with van der Waals surface area (Å²) in [6, 6.07) is 0.508. The number of hydrogen-bond acceptors (Lipinski definition) is 3. The first-order chi connectivity index (χ1) is 6.63. The van der Waals surface area contributed by atoms with E-state index in [1.165, 1.54) is 32.5 Å². The Labute approximate surface area is 91.6 Å². The second-order valence-electron chi connectivity index (χ2n) is 5.07. The first kappa shape index (κ1) is 10.8. The Hall–Kier alpha value is 0.270. The lowest BCUT2D eigenvalue weighted by Gasteiger charge is -2.40. The number of nitrogens with zero attached hydrogens (tertiary/aromatic N) is 1. The van der Waals surface area contributed by atoms with E-state index in [4.69, 9.17) is 5.73 Å². The second-order valence-corrected chi connectivity index (χ2v) is 6.96. The Morgan fingerprint density at radius 2 is 1.79 bits per heavy atom. The molecular formula is C11H22N2S. The molecule has 0 aromatic heterocycles. The average molecular weight is 214 g/mol. The van der Waals surface area contributed by atoms with E-state index in [0.717, 1.165) is 16.4 Å². The molecule has 2 rings (SSSR count). The van der Waals surface area contributed by atoms with Crippen LogP contribution in [0.1, 0.15) is 26.7 Å². The van der Waals surface area contributed by atoms with Gasteiger partial charge in [0.05, 0.1) is 0 Å². The molecule has 2 aliphatic rings. The minimum absolute atomic E-state index is 0.508. The van der Waals surface area contributed by atoms with Crippen LogP contribution in [0.2, 0.25) is 0 Å². The second kappa shape index (κ2) is 4.42. The fourth-order valence-electron chi connectivity index (χ4n) is 2.73. The third kappa shape index (κ3) is 2.65. The summed E-state index contributed by atoms with van der Waals surface area (Å²) in [6.07, 6.45) is 2.51. The monoisotopic (exact) mass is 214 g/mol. The molecule has 0 radical (unpaired) electrons. The molecule has 2 nitrogen and oxygen atoms in total. The van der Waals surface area contributed by atoms with Crippen LogP contribution in [0.15, 0.2) is 0 Å². The highest BCUT2D eigenvalue weighted by Gasteiger charge is 2.30. The van der Waals surface area contributed by atoms with Crippen LogP contribution in [0.5, 0.6) is 0 Å². The Kier molecular flexibility index (Phi) is 3.40. The maximum absolute atomic E-state index is 5.81. The minimum atomic E-state index is 0.508. The van der Waals surface area contributed by atoms with Crippen LogP contribution in [0, 0.1) is 5.92 Å². The van der Waals surface area contributed by atoms with E-state index in [9.17, 15) is 0 Å². The van der Waals surface area contributed by atoms with Gasteiger partial charge in [0.1, 0.15) is 0 Å². The lowest BCUT2D eigenvalue weighted by molar-refractivity contribution is 0.159. The summed E-state index contributed by atoms with van der Waals surface area (Å²) in [5, 5.41) is 1.62. The van der Waals surface area contributed by atoms with Crippen molar-refractivity contribution in [2.75, 3.05) is 19.6 Å². The Bertz CT molecular complexity index is 182. The third-order valence-electron chi connectivity index (χ3n) is 3.28. The van der Waals surface area contributed by atoms with Crippen molar-refractivity contribution in [1.29, 1.82) is 0 Å². The first-order valence-electron chi connectivity index (χ1n) is 5.77. The molecular weight excluding hydrogens is 192 g/mol. The zero-order valence-corrected chi connectivity index (χ0v) is 10.1. The molecule has 1 aliphatic carbocycles. The third-order valence-corrected chi connectivity index (χ3v) is 4.51. The normalized spacial score (nSPS) is 44.8. The van der Waals surface area contributed by atoms with Crippen molar-refractivity contribution >= 4 is 11.8 Å². The van der Waals surface area contributed by atoms with E-state index in [1.807, 2.05) is 0 Å². The predicted octanol–water partition coefficient (Wildman–Crippen LogP) is 1.55. The summed E-state index contributed by atoms with van der Waals surface area (Å²) in [4.78, 5) is 2.64.